The van der Waals surface area contributed by atoms with E-state index in [-0.39, 0.29) is 23.8 Å². The number of carbonyl (C=O) groups excluding carboxylic acids is 2. The van der Waals surface area contributed by atoms with Gasteiger partial charge in [0.2, 0.25) is 5.91 Å². The van der Waals surface area contributed by atoms with Gasteiger partial charge in [-0.2, -0.15) is 0 Å². The Morgan fingerprint density at radius 2 is 2.12 bits per heavy atom. The Hall–Kier alpha value is -1.10. The van der Waals surface area contributed by atoms with Crippen LogP contribution in [0.3, 0.4) is 0 Å². The van der Waals surface area contributed by atoms with Crippen LogP contribution in [0, 0.1) is 5.92 Å². The lowest BCUT2D eigenvalue weighted by Gasteiger charge is -2.35. The molecule has 5 nitrogen and oxygen atoms in total. The van der Waals surface area contributed by atoms with E-state index in [1.165, 1.54) is 6.92 Å². The molecule has 2 unspecified atom stereocenters. The first-order valence-corrected chi connectivity index (χ1v) is 5.69. The van der Waals surface area contributed by atoms with E-state index < -0.39 is 0 Å². The molecule has 1 aliphatic heterocycles. The lowest BCUT2D eigenvalue weighted by atomic mass is 9.92. The molecular weight excluding hydrogens is 208 g/mol. The van der Waals surface area contributed by atoms with Gasteiger partial charge in [0.1, 0.15) is 0 Å². The molecule has 0 spiro atoms. The number of ether oxygens (including phenoxy) is 1. The lowest BCUT2D eigenvalue weighted by molar-refractivity contribution is -0.145. The van der Waals surface area contributed by atoms with E-state index in [2.05, 4.69) is 0 Å². The van der Waals surface area contributed by atoms with Crippen LogP contribution in [0.4, 0.5) is 0 Å². The highest BCUT2D eigenvalue weighted by Crippen LogP contribution is 2.19. The number of hydrogen-bond acceptors (Lipinski definition) is 4. The van der Waals surface area contributed by atoms with Gasteiger partial charge in [-0.25, -0.2) is 0 Å². The van der Waals surface area contributed by atoms with Crippen molar-refractivity contribution in [2.75, 3.05) is 19.7 Å². The molecule has 5 heteroatoms. The number of amides is 1. The quantitative estimate of drug-likeness (QED) is 0.697. The Bertz CT molecular complexity index is 268. The topological polar surface area (TPSA) is 72.6 Å². The molecule has 16 heavy (non-hydrogen) atoms. The first-order chi connectivity index (χ1) is 7.52. The molecule has 0 saturated carbocycles. The highest BCUT2D eigenvalue weighted by Gasteiger charge is 2.28. The molecule has 1 saturated heterocycles. The van der Waals surface area contributed by atoms with Crippen LogP contribution in [0.2, 0.25) is 0 Å². The number of carbonyl (C=O) groups is 2. The van der Waals surface area contributed by atoms with Crippen molar-refractivity contribution in [3.63, 3.8) is 0 Å². The molecule has 1 rings (SSSR count). The van der Waals surface area contributed by atoms with Crippen LogP contribution in [-0.4, -0.2) is 42.5 Å². The van der Waals surface area contributed by atoms with Crippen molar-refractivity contribution in [3.8, 4) is 0 Å². The average Bonchev–Trinajstić information content (AvgIpc) is 2.16. The normalized spacial score (nSPS) is 25.3. The highest BCUT2D eigenvalue weighted by molar-refractivity contribution is 5.74. The number of nitrogens with zero attached hydrogens (tertiary/aromatic N) is 1. The maximum Gasteiger partial charge on any atom is 0.306 e. The standard InChI is InChI=1S/C11H20N2O3/c1-3-16-11(15)5-9-4-10(12)7-13(6-9)8(2)14/h9-10H,3-7,12H2,1-2H3. The molecule has 0 radical (unpaired) electrons. The minimum atomic E-state index is -0.204. The Balaban J connectivity index is 2.47. The SMILES string of the molecule is CCOC(=O)CC1CC(N)CN(C(C)=O)C1. The monoisotopic (exact) mass is 228 g/mol. The number of rotatable bonds is 3. The summed E-state index contributed by atoms with van der Waals surface area (Å²) in [5, 5.41) is 0. The van der Waals surface area contributed by atoms with E-state index in [0.717, 1.165) is 6.42 Å². The van der Waals surface area contributed by atoms with Gasteiger partial charge in [-0.3, -0.25) is 9.59 Å². The number of hydrogen-bond donors (Lipinski definition) is 1. The first kappa shape index (κ1) is 13.0. The van der Waals surface area contributed by atoms with Crippen LogP contribution in [0.1, 0.15) is 26.7 Å². The van der Waals surface area contributed by atoms with Crippen LogP contribution < -0.4 is 5.73 Å². The third-order valence-electron chi connectivity index (χ3n) is 2.78. The molecule has 1 aliphatic rings. The summed E-state index contributed by atoms with van der Waals surface area (Å²) in [5.41, 5.74) is 5.86. The maximum atomic E-state index is 11.3. The van der Waals surface area contributed by atoms with Crippen LogP contribution in [-0.2, 0) is 14.3 Å². The van der Waals surface area contributed by atoms with Crippen LogP contribution >= 0.6 is 0 Å². The molecule has 1 amide bonds. The summed E-state index contributed by atoms with van der Waals surface area (Å²) in [6, 6.07) is -0.0305. The third kappa shape index (κ3) is 3.81. The van der Waals surface area contributed by atoms with Gasteiger partial charge in [-0.15, -0.1) is 0 Å². The van der Waals surface area contributed by atoms with E-state index in [1.807, 2.05) is 0 Å². The van der Waals surface area contributed by atoms with Gasteiger partial charge in [0.05, 0.1) is 13.0 Å². The molecule has 0 aromatic carbocycles. The second-order valence-electron chi connectivity index (χ2n) is 4.29. The second-order valence-corrected chi connectivity index (χ2v) is 4.29. The molecular formula is C11H20N2O3. The zero-order valence-electron chi connectivity index (χ0n) is 9.94. The van der Waals surface area contributed by atoms with Crippen molar-refractivity contribution in [1.82, 2.24) is 4.90 Å². The summed E-state index contributed by atoms with van der Waals surface area (Å²) >= 11 is 0. The molecule has 1 heterocycles. The number of nitrogens with two attached hydrogens (primary N) is 1. The zero-order chi connectivity index (χ0) is 12.1. The average molecular weight is 228 g/mol. The second kappa shape index (κ2) is 5.84. The minimum Gasteiger partial charge on any atom is -0.466 e. The van der Waals surface area contributed by atoms with Gasteiger partial charge in [-0.1, -0.05) is 0 Å². The van der Waals surface area contributed by atoms with E-state index in [0.29, 0.717) is 26.1 Å². The van der Waals surface area contributed by atoms with Crippen molar-refractivity contribution >= 4 is 11.9 Å². The van der Waals surface area contributed by atoms with Gasteiger partial charge < -0.3 is 15.4 Å². The fraction of sp³-hybridized carbons (Fsp3) is 0.818. The predicted molar refractivity (Wildman–Crippen MR) is 59.6 cm³/mol. The van der Waals surface area contributed by atoms with E-state index in [4.69, 9.17) is 10.5 Å². The van der Waals surface area contributed by atoms with Crippen molar-refractivity contribution in [3.05, 3.63) is 0 Å². The largest absolute Gasteiger partial charge is 0.466 e. The van der Waals surface area contributed by atoms with Crippen LogP contribution in [0.5, 0.6) is 0 Å². The Kier molecular flexibility index (Phi) is 4.73. The van der Waals surface area contributed by atoms with Crippen LogP contribution in [0.15, 0.2) is 0 Å². The number of esters is 1. The lowest BCUT2D eigenvalue weighted by Crippen LogP contribution is -2.49. The summed E-state index contributed by atoms with van der Waals surface area (Å²) in [4.78, 5) is 24.3. The number of likely N-dealkylation sites (tertiary alicyclic amines) is 1. The molecule has 0 aromatic heterocycles. The Labute approximate surface area is 95.9 Å². The summed E-state index contributed by atoms with van der Waals surface area (Å²) in [7, 11) is 0. The van der Waals surface area contributed by atoms with E-state index in [9.17, 15) is 9.59 Å². The number of piperidine rings is 1. The van der Waals surface area contributed by atoms with Crippen molar-refractivity contribution in [2.24, 2.45) is 11.7 Å². The van der Waals surface area contributed by atoms with Gasteiger partial charge >= 0.3 is 5.97 Å². The van der Waals surface area contributed by atoms with Crippen molar-refractivity contribution in [2.45, 2.75) is 32.7 Å². The van der Waals surface area contributed by atoms with Crippen molar-refractivity contribution in [1.29, 1.82) is 0 Å². The third-order valence-corrected chi connectivity index (χ3v) is 2.78. The predicted octanol–water partition coefficient (Wildman–Crippen LogP) is 0.135. The summed E-state index contributed by atoms with van der Waals surface area (Å²) in [5.74, 6) is -0.0548. The maximum absolute atomic E-state index is 11.3. The molecule has 0 aromatic rings. The fourth-order valence-corrected chi connectivity index (χ4v) is 2.11. The fourth-order valence-electron chi connectivity index (χ4n) is 2.11. The van der Waals surface area contributed by atoms with Crippen LogP contribution in [0.25, 0.3) is 0 Å². The Morgan fingerprint density at radius 1 is 1.44 bits per heavy atom. The molecule has 92 valence electrons. The highest BCUT2D eigenvalue weighted by atomic mass is 16.5. The molecule has 1 fully saturated rings. The summed E-state index contributed by atoms with van der Waals surface area (Å²) in [6.07, 6.45) is 1.13. The van der Waals surface area contributed by atoms with Crippen molar-refractivity contribution < 1.29 is 14.3 Å². The van der Waals surface area contributed by atoms with Gasteiger partial charge in [0.15, 0.2) is 0 Å². The van der Waals surface area contributed by atoms with Gasteiger partial charge in [-0.05, 0) is 19.3 Å². The molecule has 2 N–H and O–H groups in total. The minimum absolute atomic E-state index is 0.0176. The van der Waals surface area contributed by atoms with Gasteiger partial charge in [0.25, 0.3) is 0 Å². The smallest absolute Gasteiger partial charge is 0.306 e. The molecule has 0 bridgehead atoms. The van der Waals surface area contributed by atoms with E-state index in [1.54, 1.807) is 11.8 Å². The first-order valence-electron chi connectivity index (χ1n) is 5.69. The summed E-state index contributed by atoms with van der Waals surface area (Å²) < 4.78 is 4.89. The van der Waals surface area contributed by atoms with E-state index >= 15 is 0 Å². The molecule has 0 aliphatic carbocycles. The Morgan fingerprint density at radius 3 is 2.69 bits per heavy atom. The van der Waals surface area contributed by atoms with Gasteiger partial charge in [0, 0.05) is 26.1 Å². The molecule has 2 atom stereocenters. The summed E-state index contributed by atoms with van der Waals surface area (Å²) in [6.45, 7) is 4.91. The zero-order valence-corrected chi connectivity index (χ0v) is 9.94.